The van der Waals surface area contributed by atoms with Crippen LogP contribution in [0.15, 0.2) is 213 Å². The standard InChI is InChI=1S/C65H45NSi/c1-3-67(4-2)61-32-31-53-45-19-7-10-22-48(45)58-35-43(29-30-54(58)63(53)65(61)64-52-26-14-13-25-51(52)57(38-62(64)67)44-18-15-33-66-39-44)56-37-60-49-23-11-8-20-46(49)55(36-59(60)50-24-12-9-21-47(50)56)42-28-27-40-16-5-6-17-41(40)34-42/h5-39H,3-4H2,1-2H3. The van der Waals surface area contributed by atoms with Gasteiger partial charge in [-0.05, 0) is 166 Å². The van der Waals surface area contributed by atoms with Crippen LogP contribution in [-0.4, -0.2) is 13.1 Å². The predicted molar refractivity (Wildman–Crippen MR) is 292 cm³/mol. The quantitative estimate of drug-likeness (QED) is 0.124. The lowest BCUT2D eigenvalue weighted by Crippen LogP contribution is -2.54. The van der Waals surface area contributed by atoms with E-state index in [0.717, 1.165) is 12.1 Å². The lowest BCUT2D eigenvalue weighted by Gasteiger charge is -2.28. The maximum Gasteiger partial charge on any atom is 0.119 e. The molecule has 0 spiro atoms. The summed E-state index contributed by atoms with van der Waals surface area (Å²) in [6, 6.07) is 78.4. The van der Waals surface area contributed by atoms with E-state index in [1.165, 1.54) is 131 Å². The maximum absolute atomic E-state index is 4.59. The lowest BCUT2D eigenvalue weighted by molar-refractivity contribution is 1.30. The summed E-state index contributed by atoms with van der Waals surface area (Å²) in [5.41, 5.74) is 10.4. The third-order valence-electron chi connectivity index (χ3n) is 15.8. The van der Waals surface area contributed by atoms with E-state index in [4.69, 9.17) is 0 Å². The van der Waals surface area contributed by atoms with Crippen molar-refractivity contribution in [3.8, 4) is 44.5 Å². The largest absolute Gasteiger partial charge is 0.264 e. The Morgan fingerprint density at radius 2 is 0.821 bits per heavy atom. The van der Waals surface area contributed by atoms with Crippen LogP contribution < -0.4 is 10.4 Å². The Bertz CT molecular complexity index is 4240. The normalized spacial score (nSPS) is 13.2. The minimum Gasteiger partial charge on any atom is -0.264 e. The summed E-state index contributed by atoms with van der Waals surface area (Å²) >= 11 is 0. The Kier molecular flexibility index (Phi) is 8.33. The first-order valence-electron chi connectivity index (χ1n) is 23.9. The van der Waals surface area contributed by atoms with Crippen LogP contribution in [0.3, 0.4) is 0 Å². The second kappa shape index (κ2) is 14.5. The zero-order valence-corrected chi connectivity index (χ0v) is 38.6. The molecule has 1 nitrogen and oxygen atoms in total. The van der Waals surface area contributed by atoms with Crippen LogP contribution in [0, 0.1) is 0 Å². The molecule has 12 aromatic carbocycles. The fourth-order valence-corrected chi connectivity index (χ4v) is 17.2. The van der Waals surface area contributed by atoms with Gasteiger partial charge in [-0.15, -0.1) is 0 Å². The van der Waals surface area contributed by atoms with E-state index in [-0.39, 0.29) is 0 Å². The molecule has 0 saturated carbocycles. The van der Waals surface area contributed by atoms with Gasteiger partial charge in [0.1, 0.15) is 8.07 Å². The first-order valence-corrected chi connectivity index (χ1v) is 26.3. The molecule has 1 aromatic heterocycles. The molecule has 67 heavy (non-hydrogen) atoms. The van der Waals surface area contributed by atoms with E-state index in [2.05, 4.69) is 219 Å². The van der Waals surface area contributed by atoms with E-state index in [1.807, 2.05) is 12.4 Å². The first kappa shape index (κ1) is 38.4. The van der Waals surface area contributed by atoms with E-state index in [1.54, 1.807) is 10.4 Å². The molecule has 0 aliphatic carbocycles. The Labute approximate surface area is 390 Å². The second-order valence-electron chi connectivity index (χ2n) is 18.7. The number of fused-ring (bicyclic) bond motifs is 18. The van der Waals surface area contributed by atoms with Crippen LogP contribution in [-0.2, 0) is 0 Å². The summed E-state index contributed by atoms with van der Waals surface area (Å²) in [7, 11) is -2.18. The fourth-order valence-electron chi connectivity index (χ4n) is 12.6. The molecule has 0 bridgehead atoms. The molecule has 13 aromatic rings. The van der Waals surface area contributed by atoms with Gasteiger partial charge in [0.2, 0.25) is 0 Å². The van der Waals surface area contributed by atoms with Gasteiger partial charge in [-0.25, -0.2) is 0 Å². The zero-order valence-electron chi connectivity index (χ0n) is 37.6. The number of hydrogen-bond acceptors (Lipinski definition) is 1. The van der Waals surface area contributed by atoms with Crippen molar-refractivity contribution >= 4 is 105 Å². The third kappa shape index (κ3) is 5.39. The van der Waals surface area contributed by atoms with Gasteiger partial charge < -0.3 is 0 Å². The van der Waals surface area contributed by atoms with Crippen LogP contribution in [0.4, 0.5) is 0 Å². The molecule has 1 aliphatic rings. The monoisotopic (exact) mass is 867 g/mol. The van der Waals surface area contributed by atoms with Gasteiger partial charge in [0, 0.05) is 18.0 Å². The van der Waals surface area contributed by atoms with Crippen molar-refractivity contribution in [1.82, 2.24) is 4.98 Å². The van der Waals surface area contributed by atoms with Gasteiger partial charge in [0.25, 0.3) is 0 Å². The number of benzene rings is 12. The van der Waals surface area contributed by atoms with Crippen molar-refractivity contribution in [1.29, 1.82) is 0 Å². The van der Waals surface area contributed by atoms with Crippen LogP contribution in [0.25, 0.3) is 131 Å². The summed E-state index contributed by atoms with van der Waals surface area (Å²) in [4.78, 5) is 4.59. The van der Waals surface area contributed by atoms with Gasteiger partial charge in [-0.3, -0.25) is 4.98 Å². The average molecular weight is 868 g/mol. The summed E-state index contributed by atoms with van der Waals surface area (Å²) in [5, 5.41) is 24.0. The van der Waals surface area contributed by atoms with Crippen LogP contribution in [0.1, 0.15) is 13.8 Å². The molecular formula is C65H45NSi. The molecule has 1 aliphatic heterocycles. The van der Waals surface area contributed by atoms with Crippen molar-refractivity contribution in [2.45, 2.75) is 25.9 Å². The SMILES string of the molecule is CC[Si]1(CC)c2cc(-c3cccnc3)c3ccccc3c2-c2c1ccc1c3ccccc3c3cc(-c4cc5c6ccccc6c(-c6ccc7ccccc7c6)cc5c5ccccc45)ccc3c21. The second-order valence-corrected chi connectivity index (χ2v) is 23.4. The highest BCUT2D eigenvalue weighted by atomic mass is 28.3. The molecule has 0 radical (unpaired) electrons. The van der Waals surface area contributed by atoms with Crippen molar-refractivity contribution in [3.63, 3.8) is 0 Å². The van der Waals surface area contributed by atoms with E-state index in [9.17, 15) is 0 Å². The number of nitrogens with zero attached hydrogens (tertiary/aromatic N) is 1. The summed E-state index contributed by atoms with van der Waals surface area (Å²) in [6.45, 7) is 4.90. The Balaban J connectivity index is 1.06. The fraction of sp³-hybridized carbons (Fsp3) is 0.0615. The third-order valence-corrected chi connectivity index (χ3v) is 21.0. The minimum atomic E-state index is -2.18. The first-order chi connectivity index (χ1) is 33.1. The Hall–Kier alpha value is -7.91. The van der Waals surface area contributed by atoms with Gasteiger partial charge in [0.05, 0.1) is 0 Å². The molecule has 0 saturated heterocycles. The van der Waals surface area contributed by atoms with Crippen molar-refractivity contribution in [2.75, 3.05) is 0 Å². The van der Waals surface area contributed by atoms with Gasteiger partial charge in [-0.1, -0.05) is 196 Å². The highest BCUT2D eigenvalue weighted by molar-refractivity contribution is 7.06. The molecule has 14 rings (SSSR count). The maximum atomic E-state index is 4.59. The average Bonchev–Trinajstić information content (AvgIpc) is 3.70. The van der Waals surface area contributed by atoms with Gasteiger partial charge in [0.15, 0.2) is 0 Å². The number of hydrogen-bond donors (Lipinski definition) is 0. The minimum absolute atomic E-state index is 1.16. The summed E-state index contributed by atoms with van der Waals surface area (Å²) < 4.78 is 0. The van der Waals surface area contributed by atoms with Gasteiger partial charge >= 0.3 is 0 Å². The number of pyridine rings is 1. The molecule has 2 heterocycles. The van der Waals surface area contributed by atoms with Crippen molar-refractivity contribution < 1.29 is 0 Å². The molecule has 314 valence electrons. The molecule has 0 fully saturated rings. The van der Waals surface area contributed by atoms with Crippen LogP contribution in [0.5, 0.6) is 0 Å². The van der Waals surface area contributed by atoms with Crippen molar-refractivity contribution in [2.24, 2.45) is 0 Å². The van der Waals surface area contributed by atoms with Crippen LogP contribution >= 0.6 is 0 Å². The zero-order chi connectivity index (χ0) is 44.4. The highest BCUT2D eigenvalue weighted by Crippen LogP contribution is 2.49. The number of rotatable bonds is 5. The van der Waals surface area contributed by atoms with Crippen molar-refractivity contribution in [3.05, 3.63) is 213 Å². The Morgan fingerprint density at radius 3 is 1.46 bits per heavy atom. The molecule has 2 heteroatoms. The topological polar surface area (TPSA) is 12.9 Å². The molecular weight excluding hydrogens is 823 g/mol. The summed E-state index contributed by atoms with van der Waals surface area (Å²) in [6.07, 6.45) is 3.92. The predicted octanol–water partition coefficient (Wildman–Crippen LogP) is 16.9. The molecule has 0 amide bonds. The summed E-state index contributed by atoms with van der Waals surface area (Å²) in [5.74, 6) is 0. The smallest absolute Gasteiger partial charge is 0.119 e. The van der Waals surface area contributed by atoms with E-state index in [0.29, 0.717) is 0 Å². The Morgan fingerprint density at radius 1 is 0.328 bits per heavy atom. The lowest BCUT2D eigenvalue weighted by atomic mass is 9.85. The highest BCUT2D eigenvalue weighted by Gasteiger charge is 2.45. The molecule has 0 unspecified atom stereocenters. The molecule has 0 atom stereocenters. The van der Waals surface area contributed by atoms with E-state index < -0.39 is 8.07 Å². The molecule has 0 N–H and O–H groups in total. The van der Waals surface area contributed by atoms with Gasteiger partial charge in [-0.2, -0.15) is 0 Å². The van der Waals surface area contributed by atoms with Crippen LogP contribution in [0.2, 0.25) is 12.1 Å². The van der Waals surface area contributed by atoms with E-state index >= 15 is 0 Å². The number of aromatic nitrogens is 1.